The Morgan fingerprint density at radius 1 is 1.28 bits per heavy atom. The molecule has 0 aromatic heterocycles. The van der Waals surface area contributed by atoms with Crippen LogP contribution in [0.1, 0.15) is 45.1 Å². The second-order valence-electron chi connectivity index (χ2n) is 5.79. The molecule has 1 unspecified atom stereocenters. The van der Waals surface area contributed by atoms with Crippen molar-refractivity contribution in [3.63, 3.8) is 0 Å². The Morgan fingerprint density at radius 2 is 2.06 bits per heavy atom. The fourth-order valence-corrected chi connectivity index (χ4v) is 3.04. The second kappa shape index (κ2) is 5.83. The summed E-state index contributed by atoms with van der Waals surface area (Å²) in [6.45, 7) is 5.66. The molecule has 18 heavy (non-hydrogen) atoms. The highest BCUT2D eigenvalue weighted by atomic mass is 19.1. The molecule has 1 saturated heterocycles. The molecule has 1 fully saturated rings. The molecule has 1 aliphatic heterocycles. The fraction of sp³-hybridized carbons (Fsp3) is 0.625. The van der Waals surface area contributed by atoms with Gasteiger partial charge in [0.05, 0.1) is 0 Å². The molecule has 100 valence electrons. The Bertz CT molecular complexity index is 380. The van der Waals surface area contributed by atoms with E-state index in [0.717, 1.165) is 24.9 Å². The van der Waals surface area contributed by atoms with Crippen molar-refractivity contribution in [3.8, 4) is 0 Å². The van der Waals surface area contributed by atoms with Gasteiger partial charge in [0.25, 0.3) is 0 Å². The third-order valence-corrected chi connectivity index (χ3v) is 4.43. The lowest BCUT2D eigenvalue weighted by molar-refractivity contribution is 0.170. The van der Waals surface area contributed by atoms with E-state index in [1.165, 1.54) is 19.3 Å². The molecule has 1 heterocycles. The van der Waals surface area contributed by atoms with Crippen molar-refractivity contribution >= 4 is 0 Å². The largest absolute Gasteiger partial charge is 0.311 e. The van der Waals surface area contributed by atoms with Crippen molar-refractivity contribution in [1.29, 1.82) is 0 Å². The smallest absolute Gasteiger partial charge is 0.126 e. The maximum absolute atomic E-state index is 13.6. The maximum Gasteiger partial charge on any atom is 0.126 e. The Labute approximate surface area is 110 Å². The van der Waals surface area contributed by atoms with E-state index in [9.17, 15) is 4.39 Å². The molecular formula is C16H24FN. The van der Waals surface area contributed by atoms with Gasteiger partial charge >= 0.3 is 0 Å². The van der Waals surface area contributed by atoms with Crippen LogP contribution in [0.25, 0.3) is 0 Å². The Kier molecular flexibility index (Phi) is 4.39. The van der Waals surface area contributed by atoms with Crippen LogP contribution in [0.3, 0.4) is 0 Å². The van der Waals surface area contributed by atoms with E-state index in [4.69, 9.17) is 0 Å². The lowest BCUT2D eigenvalue weighted by atomic mass is 9.75. The molecule has 0 spiro atoms. The minimum absolute atomic E-state index is 0.0628. The van der Waals surface area contributed by atoms with Crippen molar-refractivity contribution in [1.82, 2.24) is 5.32 Å². The van der Waals surface area contributed by atoms with Crippen LogP contribution >= 0.6 is 0 Å². The number of nitrogens with one attached hydrogen (secondary N) is 1. The van der Waals surface area contributed by atoms with Gasteiger partial charge in [-0.25, -0.2) is 4.39 Å². The summed E-state index contributed by atoms with van der Waals surface area (Å²) < 4.78 is 13.6. The van der Waals surface area contributed by atoms with Crippen LogP contribution in [-0.4, -0.2) is 12.1 Å². The number of piperidine rings is 1. The van der Waals surface area contributed by atoms with Gasteiger partial charge in [-0.3, -0.25) is 0 Å². The van der Waals surface area contributed by atoms with Gasteiger partial charge in [-0.1, -0.05) is 38.5 Å². The molecule has 2 heteroatoms. The first kappa shape index (κ1) is 13.5. The fourth-order valence-electron chi connectivity index (χ4n) is 3.04. The average molecular weight is 249 g/mol. The first-order valence-electron chi connectivity index (χ1n) is 7.12. The summed E-state index contributed by atoms with van der Waals surface area (Å²) in [4.78, 5) is 0. The SMILES string of the molecule is CC(C)C1(CCc2ccccc2F)CCCCN1. The molecule has 0 amide bonds. The lowest BCUT2D eigenvalue weighted by Gasteiger charge is -2.42. The molecule has 0 radical (unpaired) electrons. The van der Waals surface area contributed by atoms with Crippen molar-refractivity contribution in [2.75, 3.05) is 6.54 Å². The second-order valence-corrected chi connectivity index (χ2v) is 5.79. The maximum atomic E-state index is 13.6. The van der Waals surface area contributed by atoms with Gasteiger partial charge in [0.1, 0.15) is 5.82 Å². The Balaban J connectivity index is 2.04. The van der Waals surface area contributed by atoms with E-state index >= 15 is 0 Å². The molecule has 1 N–H and O–H groups in total. The molecule has 1 nitrogen and oxygen atoms in total. The van der Waals surface area contributed by atoms with E-state index in [1.54, 1.807) is 12.1 Å². The van der Waals surface area contributed by atoms with Crippen LogP contribution in [0.4, 0.5) is 4.39 Å². The van der Waals surface area contributed by atoms with Crippen LogP contribution in [0.2, 0.25) is 0 Å². The first-order chi connectivity index (χ1) is 8.64. The standard InChI is InChI=1S/C16H24FN/c1-13(2)16(10-5-6-12-18-16)11-9-14-7-3-4-8-15(14)17/h3-4,7-8,13,18H,5-6,9-12H2,1-2H3. The van der Waals surface area contributed by atoms with E-state index in [-0.39, 0.29) is 11.4 Å². The highest BCUT2D eigenvalue weighted by Crippen LogP contribution is 2.32. The van der Waals surface area contributed by atoms with Crippen LogP contribution < -0.4 is 5.32 Å². The topological polar surface area (TPSA) is 12.0 Å². The van der Waals surface area contributed by atoms with Gasteiger partial charge in [-0.05, 0) is 49.8 Å². The summed E-state index contributed by atoms with van der Waals surface area (Å²) >= 11 is 0. The van der Waals surface area contributed by atoms with E-state index in [2.05, 4.69) is 19.2 Å². The zero-order chi connectivity index (χ0) is 13.0. The number of rotatable bonds is 4. The zero-order valence-corrected chi connectivity index (χ0v) is 11.5. The van der Waals surface area contributed by atoms with Crippen molar-refractivity contribution < 1.29 is 4.39 Å². The number of aryl methyl sites for hydroxylation is 1. The molecule has 1 atom stereocenters. The highest BCUT2D eigenvalue weighted by molar-refractivity contribution is 5.18. The van der Waals surface area contributed by atoms with Crippen LogP contribution in [-0.2, 0) is 6.42 Å². The summed E-state index contributed by atoms with van der Waals surface area (Å²) in [7, 11) is 0. The first-order valence-corrected chi connectivity index (χ1v) is 7.12. The summed E-state index contributed by atoms with van der Waals surface area (Å²) in [5.74, 6) is 0.539. The van der Waals surface area contributed by atoms with E-state index in [1.807, 2.05) is 12.1 Å². The van der Waals surface area contributed by atoms with Gasteiger partial charge < -0.3 is 5.32 Å². The Hall–Kier alpha value is -0.890. The van der Waals surface area contributed by atoms with Gasteiger partial charge in [0.15, 0.2) is 0 Å². The van der Waals surface area contributed by atoms with Gasteiger partial charge in [-0.15, -0.1) is 0 Å². The quantitative estimate of drug-likeness (QED) is 0.852. The number of hydrogen-bond donors (Lipinski definition) is 1. The monoisotopic (exact) mass is 249 g/mol. The molecule has 0 bridgehead atoms. The molecule has 1 aromatic carbocycles. The molecule has 0 aliphatic carbocycles. The molecular weight excluding hydrogens is 225 g/mol. The predicted molar refractivity (Wildman–Crippen MR) is 74.1 cm³/mol. The van der Waals surface area contributed by atoms with Crippen LogP contribution in [0.15, 0.2) is 24.3 Å². The average Bonchev–Trinajstić information content (AvgIpc) is 2.39. The highest BCUT2D eigenvalue weighted by Gasteiger charge is 2.34. The van der Waals surface area contributed by atoms with Gasteiger partial charge in [0, 0.05) is 5.54 Å². The summed E-state index contributed by atoms with van der Waals surface area (Å²) in [6.07, 6.45) is 5.65. The molecule has 0 saturated carbocycles. The molecule has 1 aromatic rings. The molecule has 2 rings (SSSR count). The van der Waals surface area contributed by atoms with Gasteiger partial charge in [-0.2, -0.15) is 0 Å². The van der Waals surface area contributed by atoms with Crippen molar-refractivity contribution in [2.45, 2.75) is 51.5 Å². The van der Waals surface area contributed by atoms with Gasteiger partial charge in [0.2, 0.25) is 0 Å². The summed E-state index contributed by atoms with van der Waals surface area (Å²) in [5, 5.41) is 3.70. The van der Waals surface area contributed by atoms with Crippen LogP contribution in [0.5, 0.6) is 0 Å². The third-order valence-electron chi connectivity index (χ3n) is 4.43. The minimum atomic E-state index is -0.0628. The molecule has 1 aliphatic rings. The normalized spacial score (nSPS) is 24.4. The van der Waals surface area contributed by atoms with E-state index < -0.39 is 0 Å². The van der Waals surface area contributed by atoms with E-state index in [0.29, 0.717) is 5.92 Å². The zero-order valence-electron chi connectivity index (χ0n) is 11.5. The minimum Gasteiger partial charge on any atom is -0.311 e. The van der Waals surface area contributed by atoms with Crippen molar-refractivity contribution in [2.24, 2.45) is 5.92 Å². The third kappa shape index (κ3) is 2.92. The number of benzene rings is 1. The van der Waals surface area contributed by atoms with Crippen LogP contribution in [0, 0.1) is 11.7 Å². The lowest BCUT2D eigenvalue weighted by Crippen LogP contribution is -2.52. The Morgan fingerprint density at radius 3 is 2.67 bits per heavy atom. The summed E-state index contributed by atoms with van der Waals surface area (Å²) in [5.41, 5.74) is 1.06. The summed E-state index contributed by atoms with van der Waals surface area (Å²) in [6, 6.07) is 7.16. The van der Waals surface area contributed by atoms with Crippen molar-refractivity contribution in [3.05, 3.63) is 35.6 Å². The number of halogens is 1. The number of hydrogen-bond acceptors (Lipinski definition) is 1. The predicted octanol–water partition coefficient (Wildman–Crippen LogP) is 3.93.